The molecule has 0 aliphatic carbocycles. The second-order valence-electron chi connectivity index (χ2n) is 4.77. The second-order valence-corrected chi connectivity index (χ2v) is 4.77. The third-order valence-electron chi connectivity index (χ3n) is 3.62. The summed E-state index contributed by atoms with van der Waals surface area (Å²) in [5.74, 6) is -1.97. The highest BCUT2D eigenvalue weighted by atomic mass is 19.2. The van der Waals surface area contributed by atoms with Crippen molar-refractivity contribution in [3.8, 4) is 0 Å². The van der Waals surface area contributed by atoms with Crippen molar-refractivity contribution >= 4 is 0 Å². The lowest BCUT2D eigenvalue weighted by Crippen LogP contribution is -2.44. The predicted octanol–water partition coefficient (Wildman–Crippen LogP) is 1.75. The first-order chi connectivity index (χ1) is 8.60. The van der Waals surface area contributed by atoms with E-state index in [1.807, 2.05) is 0 Å². The van der Waals surface area contributed by atoms with Crippen LogP contribution in [0.4, 0.5) is 8.78 Å². The van der Waals surface area contributed by atoms with Crippen LogP contribution in [0.2, 0.25) is 0 Å². The molecule has 0 bridgehead atoms. The molecule has 1 aliphatic rings. The molecule has 3 nitrogen and oxygen atoms in total. The van der Waals surface area contributed by atoms with Crippen LogP contribution in [0.5, 0.6) is 0 Å². The van der Waals surface area contributed by atoms with Gasteiger partial charge in [-0.05, 0) is 18.9 Å². The molecule has 1 heterocycles. The van der Waals surface area contributed by atoms with Gasteiger partial charge in [-0.1, -0.05) is 12.1 Å². The molecular weight excluding hydrogens is 240 g/mol. The first-order valence-electron chi connectivity index (χ1n) is 6.00. The molecule has 1 fully saturated rings. The zero-order valence-corrected chi connectivity index (χ0v) is 10.0. The molecular formula is C13H17F2NO2. The summed E-state index contributed by atoms with van der Waals surface area (Å²) in [6.45, 7) is 1.05. The van der Waals surface area contributed by atoms with Crippen LogP contribution in [0, 0.1) is 17.0 Å². The Morgan fingerprint density at radius 2 is 2.22 bits per heavy atom. The van der Waals surface area contributed by atoms with Crippen molar-refractivity contribution in [2.75, 3.05) is 19.8 Å². The molecule has 0 aromatic heterocycles. The van der Waals surface area contributed by atoms with Crippen LogP contribution in [0.25, 0.3) is 0 Å². The lowest BCUT2D eigenvalue weighted by Gasteiger charge is -2.40. The quantitative estimate of drug-likeness (QED) is 0.867. The Balaban J connectivity index is 2.33. The summed E-state index contributed by atoms with van der Waals surface area (Å²) in [5.41, 5.74) is 4.93. The summed E-state index contributed by atoms with van der Waals surface area (Å²) in [4.78, 5) is 0. The van der Waals surface area contributed by atoms with Gasteiger partial charge in [0.1, 0.15) is 0 Å². The molecule has 100 valence electrons. The minimum Gasteiger partial charge on any atom is -0.388 e. The Bertz CT molecular complexity index is 419. The molecule has 0 amide bonds. The van der Waals surface area contributed by atoms with E-state index >= 15 is 0 Å². The van der Waals surface area contributed by atoms with E-state index in [9.17, 15) is 13.9 Å². The fourth-order valence-electron chi connectivity index (χ4n) is 2.42. The molecule has 0 saturated carbocycles. The molecule has 3 N–H and O–H groups in total. The number of aliphatic hydroxyl groups is 1. The van der Waals surface area contributed by atoms with E-state index < -0.39 is 23.2 Å². The van der Waals surface area contributed by atoms with Gasteiger partial charge in [-0.25, -0.2) is 8.78 Å². The fraction of sp³-hybridized carbons (Fsp3) is 0.538. The topological polar surface area (TPSA) is 55.5 Å². The van der Waals surface area contributed by atoms with Gasteiger partial charge in [0.25, 0.3) is 0 Å². The maximum Gasteiger partial charge on any atom is 0.164 e. The number of nitrogens with two attached hydrogens (primary N) is 1. The molecule has 0 spiro atoms. The smallest absolute Gasteiger partial charge is 0.164 e. The molecule has 2 atom stereocenters. The van der Waals surface area contributed by atoms with Gasteiger partial charge in [-0.3, -0.25) is 0 Å². The average molecular weight is 257 g/mol. The number of benzene rings is 1. The van der Waals surface area contributed by atoms with E-state index in [0.29, 0.717) is 13.0 Å². The van der Waals surface area contributed by atoms with Gasteiger partial charge in [0.2, 0.25) is 0 Å². The average Bonchev–Trinajstić information content (AvgIpc) is 2.42. The van der Waals surface area contributed by atoms with Crippen molar-refractivity contribution in [2.45, 2.75) is 18.9 Å². The van der Waals surface area contributed by atoms with Crippen molar-refractivity contribution in [2.24, 2.45) is 11.1 Å². The molecule has 1 aromatic rings. The Labute approximate surface area is 105 Å². The Kier molecular flexibility index (Phi) is 3.94. The van der Waals surface area contributed by atoms with Gasteiger partial charge in [0.05, 0.1) is 12.7 Å². The second kappa shape index (κ2) is 5.30. The minimum atomic E-state index is -1.15. The SMILES string of the molecule is NCC1(C(O)c2cccc(F)c2F)CCCOC1. The van der Waals surface area contributed by atoms with Crippen LogP contribution < -0.4 is 5.73 Å². The molecule has 1 aliphatic heterocycles. The lowest BCUT2D eigenvalue weighted by atomic mass is 9.75. The van der Waals surface area contributed by atoms with Crippen LogP contribution in [0.3, 0.4) is 0 Å². The van der Waals surface area contributed by atoms with Crippen LogP contribution in [-0.4, -0.2) is 24.9 Å². The molecule has 2 rings (SSSR count). The van der Waals surface area contributed by atoms with Crippen molar-refractivity contribution < 1.29 is 18.6 Å². The van der Waals surface area contributed by atoms with Crippen LogP contribution in [0.15, 0.2) is 18.2 Å². The standard InChI is InChI=1S/C13H17F2NO2/c14-10-4-1-3-9(11(10)15)12(17)13(7-16)5-2-6-18-8-13/h1,3-4,12,17H,2,5-8,16H2. The van der Waals surface area contributed by atoms with Gasteiger partial charge in [-0.15, -0.1) is 0 Å². The van der Waals surface area contributed by atoms with E-state index in [-0.39, 0.29) is 18.7 Å². The van der Waals surface area contributed by atoms with Crippen molar-refractivity contribution in [1.82, 2.24) is 0 Å². The Morgan fingerprint density at radius 3 is 2.83 bits per heavy atom. The number of rotatable bonds is 3. The monoisotopic (exact) mass is 257 g/mol. The highest BCUT2D eigenvalue weighted by Gasteiger charge is 2.41. The molecule has 2 unspecified atom stereocenters. The van der Waals surface area contributed by atoms with Crippen molar-refractivity contribution in [3.05, 3.63) is 35.4 Å². The maximum absolute atomic E-state index is 13.7. The van der Waals surface area contributed by atoms with Gasteiger partial charge in [0, 0.05) is 24.1 Å². The number of aliphatic hydroxyl groups excluding tert-OH is 1. The summed E-state index contributed by atoms with van der Waals surface area (Å²) in [7, 11) is 0. The van der Waals surface area contributed by atoms with Crippen LogP contribution in [0.1, 0.15) is 24.5 Å². The van der Waals surface area contributed by atoms with Crippen LogP contribution >= 0.6 is 0 Å². The maximum atomic E-state index is 13.7. The molecule has 5 heteroatoms. The van der Waals surface area contributed by atoms with E-state index in [4.69, 9.17) is 10.5 Å². The molecule has 0 radical (unpaired) electrons. The zero-order valence-electron chi connectivity index (χ0n) is 10.0. The number of hydrogen-bond acceptors (Lipinski definition) is 3. The third kappa shape index (κ3) is 2.25. The zero-order chi connectivity index (χ0) is 13.2. The normalized spacial score (nSPS) is 26.0. The lowest BCUT2D eigenvalue weighted by molar-refractivity contribution is -0.0794. The van der Waals surface area contributed by atoms with Gasteiger partial charge in [-0.2, -0.15) is 0 Å². The summed E-state index contributed by atoms with van der Waals surface area (Å²) in [5, 5.41) is 10.3. The minimum absolute atomic E-state index is 0.0500. The van der Waals surface area contributed by atoms with Crippen molar-refractivity contribution in [3.63, 3.8) is 0 Å². The van der Waals surface area contributed by atoms with Gasteiger partial charge < -0.3 is 15.6 Å². The number of halogens is 2. The summed E-state index contributed by atoms with van der Waals surface area (Å²) >= 11 is 0. The van der Waals surface area contributed by atoms with E-state index in [0.717, 1.165) is 12.5 Å². The van der Waals surface area contributed by atoms with E-state index in [2.05, 4.69) is 0 Å². The Hall–Kier alpha value is -1.04. The molecule has 1 aromatic carbocycles. The summed E-state index contributed by atoms with van der Waals surface area (Å²) in [6, 6.07) is 3.79. The summed E-state index contributed by atoms with van der Waals surface area (Å²) < 4.78 is 32.2. The first-order valence-corrected chi connectivity index (χ1v) is 6.00. The summed E-state index contributed by atoms with van der Waals surface area (Å²) in [6.07, 6.45) is 0.240. The van der Waals surface area contributed by atoms with Crippen molar-refractivity contribution in [1.29, 1.82) is 0 Å². The highest BCUT2D eigenvalue weighted by Crippen LogP contribution is 2.41. The van der Waals surface area contributed by atoms with Crippen LogP contribution in [-0.2, 0) is 4.74 Å². The fourth-order valence-corrected chi connectivity index (χ4v) is 2.42. The van der Waals surface area contributed by atoms with E-state index in [1.165, 1.54) is 12.1 Å². The third-order valence-corrected chi connectivity index (χ3v) is 3.62. The largest absolute Gasteiger partial charge is 0.388 e. The molecule has 18 heavy (non-hydrogen) atoms. The number of hydrogen-bond donors (Lipinski definition) is 2. The predicted molar refractivity (Wildman–Crippen MR) is 62.9 cm³/mol. The molecule has 1 saturated heterocycles. The highest BCUT2D eigenvalue weighted by molar-refractivity contribution is 5.23. The van der Waals surface area contributed by atoms with E-state index in [1.54, 1.807) is 0 Å². The Morgan fingerprint density at radius 1 is 1.44 bits per heavy atom. The number of ether oxygens (including phenoxy) is 1. The first kappa shape index (κ1) is 13.4. The van der Waals surface area contributed by atoms with Gasteiger partial charge in [0.15, 0.2) is 11.6 Å². The van der Waals surface area contributed by atoms with Gasteiger partial charge >= 0.3 is 0 Å².